The number of methoxy groups -OCH3 is 1. The van der Waals surface area contributed by atoms with Crippen LogP contribution in [0.25, 0.3) is 0 Å². The highest BCUT2D eigenvalue weighted by molar-refractivity contribution is 5.37. The molecule has 0 saturated carbocycles. The molecule has 0 fully saturated rings. The monoisotopic (exact) mass is 241 g/mol. The van der Waals surface area contributed by atoms with Crippen LogP contribution in [-0.4, -0.2) is 18.3 Å². The maximum Gasteiger partial charge on any atom is 0.131 e. The lowest BCUT2D eigenvalue weighted by molar-refractivity contribution is 0.129. The lowest BCUT2D eigenvalue weighted by Crippen LogP contribution is -2.27. The Balaban J connectivity index is 2.90. The summed E-state index contributed by atoms with van der Waals surface area (Å²) in [4.78, 5) is 0. The maximum atomic E-state index is 13.7. The second kappa shape index (κ2) is 6.57. The van der Waals surface area contributed by atoms with Crippen molar-refractivity contribution in [3.63, 3.8) is 0 Å². The molecular weight excluding hydrogens is 221 g/mol. The minimum atomic E-state index is -0.752. The van der Waals surface area contributed by atoms with Crippen molar-refractivity contribution in [3.05, 3.63) is 29.6 Å². The van der Waals surface area contributed by atoms with Crippen molar-refractivity contribution in [3.8, 4) is 5.75 Å². The normalized spacial score (nSPS) is 14.4. The fourth-order valence-corrected chi connectivity index (χ4v) is 1.80. The van der Waals surface area contributed by atoms with E-state index in [0.29, 0.717) is 12.2 Å². The number of unbranched alkanes of at least 4 members (excludes halogenated alkanes) is 1. The molecule has 0 radical (unpaired) electrons. The summed E-state index contributed by atoms with van der Waals surface area (Å²) in [5.74, 6) is -0.0551. The molecule has 0 aromatic heterocycles. The number of rotatable bonds is 6. The molecule has 0 spiro atoms. The Morgan fingerprint density at radius 3 is 2.76 bits per heavy atom. The van der Waals surface area contributed by atoms with E-state index >= 15 is 0 Å². The van der Waals surface area contributed by atoms with Crippen LogP contribution in [-0.2, 0) is 0 Å². The Hall–Kier alpha value is -1.13. The third kappa shape index (κ3) is 3.41. The minimum absolute atomic E-state index is 0.249. The molecule has 1 aromatic carbocycles. The molecule has 0 aliphatic rings. The van der Waals surface area contributed by atoms with Crippen LogP contribution in [0.2, 0.25) is 0 Å². The van der Waals surface area contributed by atoms with Crippen LogP contribution in [0.4, 0.5) is 4.39 Å². The fourth-order valence-electron chi connectivity index (χ4n) is 1.80. The molecular formula is C13H20FNO2. The first-order valence-corrected chi connectivity index (χ1v) is 5.87. The van der Waals surface area contributed by atoms with Gasteiger partial charge >= 0.3 is 0 Å². The van der Waals surface area contributed by atoms with Gasteiger partial charge in [0.25, 0.3) is 0 Å². The van der Waals surface area contributed by atoms with Crippen LogP contribution in [0.3, 0.4) is 0 Å². The van der Waals surface area contributed by atoms with E-state index < -0.39 is 18.0 Å². The molecule has 2 atom stereocenters. The first-order valence-electron chi connectivity index (χ1n) is 5.87. The van der Waals surface area contributed by atoms with Crippen LogP contribution in [0.15, 0.2) is 18.2 Å². The molecule has 0 bridgehead atoms. The van der Waals surface area contributed by atoms with Gasteiger partial charge in [0.2, 0.25) is 0 Å². The molecule has 96 valence electrons. The lowest BCUT2D eigenvalue weighted by Gasteiger charge is -2.21. The molecule has 0 aliphatic carbocycles. The van der Waals surface area contributed by atoms with E-state index in [0.717, 1.165) is 12.8 Å². The van der Waals surface area contributed by atoms with Crippen molar-refractivity contribution < 1.29 is 14.2 Å². The van der Waals surface area contributed by atoms with Crippen molar-refractivity contribution in [2.75, 3.05) is 7.11 Å². The van der Waals surface area contributed by atoms with Gasteiger partial charge in [-0.25, -0.2) is 4.39 Å². The van der Waals surface area contributed by atoms with Crippen molar-refractivity contribution in [1.29, 1.82) is 0 Å². The Kier molecular flexibility index (Phi) is 5.38. The van der Waals surface area contributed by atoms with E-state index in [1.54, 1.807) is 12.1 Å². The van der Waals surface area contributed by atoms with Gasteiger partial charge in [-0.15, -0.1) is 0 Å². The van der Waals surface area contributed by atoms with Gasteiger partial charge in [0.1, 0.15) is 11.6 Å². The molecule has 0 unspecified atom stereocenters. The molecule has 0 saturated heterocycles. The van der Waals surface area contributed by atoms with Gasteiger partial charge in [-0.2, -0.15) is 0 Å². The standard InChI is InChI=1S/C13H20FNO2/c1-3-4-7-10(16)13(15)12-9(14)6-5-8-11(12)17-2/h5-6,8,10,13,16H,3-4,7,15H2,1-2H3/t10-,13-/m1/s1. The molecule has 0 amide bonds. The Labute approximate surface area is 101 Å². The van der Waals surface area contributed by atoms with Gasteiger partial charge in [-0.1, -0.05) is 25.8 Å². The molecule has 4 heteroatoms. The molecule has 3 nitrogen and oxygen atoms in total. The van der Waals surface area contributed by atoms with Gasteiger partial charge in [-0.05, 0) is 18.6 Å². The lowest BCUT2D eigenvalue weighted by atomic mass is 9.97. The Morgan fingerprint density at radius 2 is 2.18 bits per heavy atom. The molecule has 0 aliphatic heterocycles. The number of aliphatic hydroxyl groups excluding tert-OH is 1. The smallest absolute Gasteiger partial charge is 0.131 e. The SMILES string of the molecule is CCCC[C@@H](O)[C@@H](N)c1c(F)cccc1OC. The third-order valence-corrected chi connectivity index (χ3v) is 2.83. The highest BCUT2D eigenvalue weighted by Gasteiger charge is 2.23. The van der Waals surface area contributed by atoms with Gasteiger partial charge in [-0.3, -0.25) is 0 Å². The Morgan fingerprint density at radius 1 is 1.47 bits per heavy atom. The van der Waals surface area contributed by atoms with Crippen molar-refractivity contribution >= 4 is 0 Å². The van der Waals surface area contributed by atoms with Gasteiger partial charge < -0.3 is 15.6 Å². The van der Waals surface area contributed by atoms with E-state index in [2.05, 4.69) is 0 Å². The average molecular weight is 241 g/mol. The first kappa shape index (κ1) is 13.9. The summed E-state index contributed by atoms with van der Waals surface area (Å²) in [7, 11) is 1.46. The predicted octanol–water partition coefficient (Wildman–Crippen LogP) is 2.39. The predicted molar refractivity (Wildman–Crippen MR) is 65.4 cm³/mol. The van der Waals surface area contributed by atoms with Crippen LogP contribution in [0.1, 0.15) is 37.8 Å². The zero-order chi connectivity index (χ0) is 12.8. The Bertz CT molecular complexity index is 357. The molecule has 17 heavy (non-hydrogen) atoms. The van der Waals surface area contributed by atoms with E-state index in [-0.39, 0.29) is 5.56 Å². The number of halogens is 1. The van der Waals surface area contributed by atoms with Crippen molar-refractivity contribution in [2.45, 2.75) is 38.3 Å². The topological polar surface area (TPSA) is 55.5 Å². The second-order valence-electron chi connectivity index (χ2n) is 4.09. The molecule has 1 aromatic rings. The van der Waals surface area contributed by atoms with Gasteiger partial charge in [0.05, 0.1) is 19.3 Å². The maximum absolute atomic E-state index is 13.7. The van der Waals surface area contributed by atoms with E-state index in [4.69, 9.17) is 10.5 Å². The van der Waals surface area contributed by atoms with Crippen molar-refractivity contribution in [2.24, 2.45) is 5.73 Å². The summed E-state index contributed by atoms with van der Waals surface area (Å²) in [6.07, 6.45) is 1.65. The zero-order valence-corrected chi connectivity index (χ0v) is 10.3. The number of benzene rings is 1. The number of hydrogen-bond acceptors (Lipinski definition) is 3. The summed E-state index contributed by atoms with van der Waals surface area (Å²) in [5, 5.41) is 9.90. The van der Waals surface area contributed by atoms with Crippen LogP contribution < -0.4 is 10.5 Å². The first-order chi connectivity index (χ1) is 8.11. The van der Waals surface area contributed by atoms with E-state index in [9.17, 15) is 9.50 Å². The number of ether oxygens (including phenoxy) is 1. The van der Waals surface area contributed by atoms with Gasteiger partial charge in [0, 0.05) is 5.56 Å². The largest absolute Gasteiger partial charge is 0.496 e. The average Bonchev–Trinajstić information content (AvgIpc) is 2.34. The van der Waals surface area contributed by atoms with E-state index in [1.165, 1.54) is 13.2 Å². The minimum Gasteiger partial charge on any atom is -0.496 e. The van der Waals surface area contributed by atoms with Crippen LogP contribution >= 0.6 is 0 Å². The highest BCUT2D eigenvalue weighted by atomic mass is 19.1. The highest BCUT2D eigenvalue weighted by Crippen LogP contribution is 2.29. The number of hydrogen-bond donors (Lipinski definition) is 2. The summed E-state index contributed by atoms with van der Waals surface area (Å²) in [6, 6.07) is 3.77. The van der Waals surface area contributed by atoms with Gasteiger partial charge in [0.15, 0.2) is 0 Å². The second-order valence-corrected chi connectivity index (χ2v) is 4.09. The summed E-state index contributed by atoms with van der Waals surface area (Å²) in [5.41, 5.74) is 6.14. The fraction of sp³-hybridized carbons (Fsp3) is 0.538. The summed E-state index contributed by atoms with van der Waals surface area (Å²) < 4.78 is 18.8. The number of nitrogens with two attached hydrogens (primary N) is 1. The zero-order valence-electron chi connectivity index (χ0n) is 10.3. The quantitative estimate of drug-likeness (QED) is 0.804. The summed E-state index contributed by atoms with van der Waals surface area (Å²) >= 11 is 0. The molecule has 1 rings (SSSR count). The summed E-state index contributed by atoms with van der Waals surface area (Å²) in [6.45, 7) is 2.03. The van der Waals surface area contributed by atoms with Crippen LogP contribution in [0.5, 0.6) is 5.75 Å². The van der Waals surface area contributed by atoms with Crippen LogP contribution in [0, 0.1) is 5.82 Å². The molecule has 3 N–H and O–H groups in total. The molecule has 0 heterocycles. The van der Waals surface area contributed by atoms with E-state index in [1.807, 2.05) is 6.92 Å². The number of aliphatic hydroxyl groups is 1. The van der Waals surface area contributed by atoms with Crippen molar-refractivity contribution in [1.82, 2.24) is 0 Å². The third-order valence-electron chi connectivity index (χ3n) is 2.83.